The maximum Gasteiger partial charge on any atom is 0.322 e. The number of pyridine rings is 1. The van der Waals surface area contributed by atoms with Crippen molar-refractivity contribution in [3.8, 4) is 5.75 Å². The lowest BCUT2D eigenvalue weighted by Gasteiger charge is -2.24. The second-order valence-corrected chi connectivity index (χ2v) is 8.18. The molecule has 4 aromatic rings. The second kappa shape index (κ2) is 9.79. The van der Waals surface area contributed by atoms with E-state index in [2.05, 4.69) is 10.3 Å². The molecule has 0 aliphatic rings. The zero-order valence-corrected chi connectivity index (χ0v) is 19.1. The number of aromatic nitrogens is 1. The van der Waals surface area contributed by atoms with E-state index in [-0.39, 0.29) is 18.1 Å². The first-order chi connectivity index (χ1) is 15.9. The van der Waals surface area contributed by atoms with Gasteiger partial charge in [-0.3, -0.25) is 4.79 Å². The van der Waals surface area contributed by atoms with Gasteiger partial charge in [0.25, 0.3) is 5.56 Å². The number of amides is 2. The fourth-order valence-corrected chi connectivity index (χ4v) is 3.84. The Morgan fingerprint density at radius 3 is 2.52 bits per heavy atom. The molecule has 0 aliphatic carbocycles. The van der Waals surface area contributed by atoms with Gasteiger partial charge in [-0.05, 0) is 53.8 Å². The van der Waals surface area contributed by atoms with E-state index >= 15 is 0 Å². The van der Waals surface area contributed by atoms with Crippen LogP contribution in [0.4, 0.5) is 10.5 Å². The molecule has 7 heteroatoms. The Morgan fingerprint density at radius 2 is 1.79 bits per heavy atom. The minimum absolute atomic E-state index is 0.127. The number of carbonyl (C=O) groups excluding carboxylic acids is 1. The third-order valence-corrected chi connectivity index (χ3v) is 5.79. The number of rotatable bonds is 6. The summed E-state index contributed by atoms with van der Waals surface area (Å²) in [4.78, 5) is 30.6. The van der Waals surface area contributed by atoms with Crippen molar-refractivity contribution < 1.29 is 9.53 Å². The van der Waals surface area contributed by atoms with E-state index in [0.29, 0.717) is 22.8 Å². The van der Waals surface area contributed by atoms with Gasteiger partial charge in [-0.2, -0.15) is 0 Å². The molecule has 0 radical (unpaired) electrons. The van der Waals surface area contributed by atoms with Crippen molar-refractivity contribution in [2.24, 2.45) is 0 Å². The highest BCUT2D eigenvalue weighted by molar-refractivity contribution is 6.33. The third kappa shape index (κ3) is 5.18. The summed E-state index contributed by atoms with van der Waals surface area (Å²) in [6.45, 7) is 2.37. The fourth-order valence-electron chi connectivity index (χ4n) is 3.66. The van der Waals surface area contributed by atoms with Crippen molar-refractivity contribution in [1.82, 2.24) is 9.88 Å². The average molecular weight is 462 g/mol. The van der Waals surface area contributed by atoms with Gasteiger partial charge in [-0.1, -0.05) is 54.1 Å². The SMILES string of the molecule is COc1ccc(CN(Cc2cc3cccc(C)c3[nH]c2=O)C(=O)Nc2ccccc2Cl)cc1. The van der Waals surface area contributed by atoms with Crippen LogP contribution >= 0.6 is 11.6 Å². The van der Waals surface area contributed by atoms with Gasteiger partial charge in [0.15, 0.2) is 0 Å². The summed E-state index contributed by atoms with van der Waals surface area (Å²) >= 11 is 6.23. The minimum Gasteiger partial charge on any atom is -0.497 e. The molecule has 0 saturated heterocycles. The molecular formula is C26H24ClN3O3. The predicted octanol–water partition coefficient (Wildman–Crippen LogP) is 5.73. The number of para-hydroxylation sites is 2. The number of urea groups is 1. The summed E-state index contributed by atoms with van der Waals surface area (Å²) < 4.78 is 5.22. The van der Waals surface area contributed by atoms with Crippen LogP contribution in [0.2, 0.25) is 5.02 Å². The molecule has 3 aromatic carbocycles. The first kappa shape index (κ1) is 22.4. The molecule has 1 aromatic heterocycles. The lowest BCUT2D eigenvalue weighted by atomic mass is 10.1. The van der Waals surface area contributed by atoms with Gasteiger partial charge in [0.05, 0.1) is 29.9 Å². The van der Waals surface area contributed by atoms with Crippen molar-refractivity contribution in [3.63, 3.8) is 0 Å². The number of fused-ring (bicyclic) bond motifs is 1. The summed E-state index contributed by atoms with van der Waals surface area (Å²) in [6, 6.07) is 21.8. The first-order valence-electron chi connectivity index (χ1n) is 10.5. The second-order valence-electron chi connectivity index (χ2n) is 7.78. The first-order valence-corrected chi connectivity index (χ1v) is 10.9. The molecule has 0 spiro atoms. The van der Waals surface area contributed by atoms with Crippen molar-refractivity contribution in [2.45, 2.75) is 20.0 Å². The molecule has 6 nitrogen and oxygen atoms in total. The Bertz CT molecular complexity index is 1350. The molecule has 168 valence electrons. The number of ether oxygens (including phenoxy) is 1. The fraction of sp³-hybridized carbons (Fsp3) is 0.154. The molecule has 0 atom stereocenters. The van der Waals surface area contributed by atoms with Crippen LogP contribution in [0.3, 0.4) is 0 Å². The number of benzene rings is 3. The van der Waals surface area contributed by atoms with Gasteiger partial charge in [0, 0.05) is 12.1 Å². The van der Waals surface area contributed by atoms with E-state index in [4.69, 9.17) is 16.3 Å². The van der Waals surface area contributed by atoms with Gasteiger partial charge in [0.1, 0.15) is 5.75 Å². The van der Waals surface area contributed by atoms with Gasteiger partial charge in [-0.15, -0.1) is 0 Å². The maximum atomic E-state index is 13.2. The molecule has 2 N–H and O–H groups in total. The molecular weight excluding hydrogens is 438 g/mol. The molecule has 0 saturated carbocycles. The summed E-state index contributed by atoms with van der Waals surface area (Å²) in [5.41, 5.74) is 3.47. The Hall–Kier alpha value is -3.77. The standard InChI is InChI=1S/C26H24ClN3O3/c1-17-6-5-7-19-14-20(25(31)29-24(17)19)16-30(15-18-10-12-21(33-2)13-11-18)26(32)28-23-9-4-3-8-22(23)27/h3-14H,15-16H2,1-2H3,(H,28,32)(H,29,31). The highest BCUT2D eigenvalue weighted by Gasteiger charge is 2.18. The molecule has 0 fully saturated rings. The van der Waals surface area contributed by atoms with Crippen molar-refractivity contribution >= 4 is 34.2 Å². The van der Waals surface area contributed by atoms with Crippen LogP contribution in [0.25, 0.3) is 10.9 Å². The quantitative estimate of drug-likeness (QED) is 0.385. The van der Waals surface area contributed by atoms with Crippen LogP contribution in [-0.2, 0) is 13.1 Å². The van der Waals surface area contributed by atoms with Gasteiger partial charge in [0.2, 0.25) is 0 Å². The Balaban J connectivity index is 1.66. The highest BCUT2D eigenvalue weighted by atomic mass is 35.5. The zero-order chi connectivity index (χ0) is 23.4. The Morgan fingerprint density at radius 1 is 1.03 bits per heavy atom. The number of halogens is 1. The average Bonchev–Trinajstić information content (AvgIpc) is 2.81. The highest BCUT2D eigenvalue weighted by Crippen LogP contribution is 2.22. The Labute approximate surface area is 196 Å². The van der Waals surface area contributed by atoms with Crippen LogP contribution in [0.5, 0.6) is 5.75 Å². The lowest BCUT2D eigenvalue weighted by molar-refractivity contribution is 0.206. The summed E-state index contributed by atoms with van der Waals surface area (Å²) in [5.74, 6) is 0.729. The number of hydrogen-bond donors (Lipinski definition) is 2. The normalized spacial score (nSPS) is 10.8. The van der Waals surface area contributed by atoms with E-state index < -0.39 is 0 Å². The molecule has 1 heterocycles. The summed E-state index contributed by atoms with van der Waals surface area (Å²) in [6.07, 6.45) is 0. The number of nitrogens with one attached hydrogen (secondary N) is 2. The van der Waals surface area contributed by atoms with Crippen molar-refractivity contribution in [2.75, 3.05) is 12.4 Å². The lowest BCUT2D eigenvalue weighted by Crippen LogP contribution is -2.35. The molecule has 0 aliphatic heterocycles. The smallest absolute Gasteiger partial charge is 0.322 e. The maximum absolute atomic E-state index is 13.2. The topological polar surface area (TPSA) is 74.4 Å². The van der Waals surface area contributed by atoms with Crippen LogP contribution in [-0.4, -0.2) is 23.0 Å². The third-order valence-electron chi connectivity index (χ3n) is 5.46. The Kier molecular flexibility index (Phi) is 6.66. The molecule has 0 unspecified atom stereocenters. The molecule has 4 rings (SSSR count). The van der Waals surface area contributed by atoms with E-state index in [0.717, 1.165) is 27.8 Å². The molecule has 33 heavy (non-hydrogen) atoms. The number of carbonyl (C=O) groups is 1. The van der Waals surface area contributed by atoms with Crippen LogP contribution in [0, 0.1) is 6.92 Å². The van der Waals surface area contributed by atoms with Crippen LogP contribution < -0.4 is 15.6 Å². The minimum atomic E-state index is -0.359. The van der Waals surface area contributed by atoms with E-state index in [1.54, 1.807) is 36.3 Å². The summed E-state index contributed by atoms with van der Waals surface area (Å²) in [7, 11) is 1.60. The molecule has 0 bridgehead atoms. The number of anilines is 1. The van der Waals surface area contributed by atoms with Crippen LogP contribution in [0.1, 0.15) is 16.7 Å². The van der Waals surface area contributed by atoms with Gasteiger partial charge >= 0.3 is 6.03 Å². The zero-order valence-electron chi connectivity index (χ0n) is 18.4. The van der Waals surface area contributed by atoms with Crippen LogP contribution in [0.15, 0.2) is 77.6 Å². The predicted molar refractivity (Wildman–Crippen MR) is 132 cm³/mol. The number of nitrogens with zero attached hydrogens (tertiary/aromatic N) is 1. The number of H-pyrrole nitrogens is 1. The molecule has 2 amide bonds. The number of methoxy groups -OCH3 is 1. The number of hydrogen-bond acceptors (Lipinski definition) is 3. The van der Waals surface area contributed by atoms with Crippen molar-refractivity contribution in [3.05, 3.63) is 105 Å². The number of aromatic amines is 1. The monoisotopic (exact) mass is 461 g/mol. The van der Waals surface area contributed by atoms with E-state index in [1.807, 2.05) is 55.5 Å². The van der Waals surface area contributed by atoms with E-state index in [1.165, 1.54) is 0 Å². The summed E-state index contributed by atoms with van der Waals surface area (Å²) in [5, 5.41) is 4.21. The van der Waals surface area contributed by atoms with Crippen molar-refractivity contribution in [1.29, 1.82) is 0 Å². The van der Waals surface area contributed by atoms with E-state index in [9.17, 15) is 9.59 Å². The van der Waals surface area contributed by atoms with Gasteiger partial charge in [-0.25, -0.2) is 4.79 Å². The largest absolute Gasteiger partial charge is 0.497 e. The van der Waals surface area contributed by atoms with Gasteiger partial charge < -0.3 is 19.9 Å². The number of aryl methyl sites for hydroxylation is 1.